The molecule has 0 aliphatic carbocycles. The normalized spacial score (nSPS) is 15.7. The highest BCUT2D eigenvalue weighted by Gasteiger charge is 2.38. The second-order valence-corrected chi connectivity index (χ2v) is 7.73. The van der Waals surface area contributed by atoms with Crippen molar-refractivity contribution in [2.75, 3.05) is 6.54 Å². The molecule has 5 aromatic heterocycles. The van der Waals surface area contributed by atoms with Gasteiger partial charge in [-0.05, 0) is 30.3 Å². The Kier molecular flexibility index (Phi) is 4.64. The van der Waals surface area contributed by atoms with E-state index >= 15 is 0 Å². The summed E-state index contributed by atoms with van der Waals surface area (Å²) in [6.07, 6.45) is 4.15. The highest BCUT2D eigenvalue weighted by atomic mass is 19.3. The number of H-pyrrole nitrogens is 1. The van der Waals surface area contributed by atoms with Gasteiger partial charge < -0.3 is 14.3 Å². The molecule has 12 heteroatoms. The molecule has 1 aliphatic rings. The van der Waals surface area contributed by atoms with E-state index < -0.39 is 18.4 Å². The minimum atomic E-state index is -2.66. The summed E-state index contributed by atoms with van der Waals surface area (Å²) in [4.78, 5) is 26.5. The molecule has 1 N–H and O–H groups in total. The van der Waals surface area contributed by atoms with Crippen molar-refractivity contribution in [1.82, 2.24) is 39.7 Å². The molecule has 0 saturated carbocycles. The van der Waals surface area contributed by atoms with E-state index in [0.717, 1.165) is 5.69 Å². The van der Waals surface area contributed by atoms with Crippen molar-refractivity contribution in [3.63, 3.8) is 0 Å². The number of hydrogen-bond donors (Lipinski definition) is 1. The Morgan fingerprint density at radius 3 is 2.97 bits per heavy atom. The van der Waals surface area contributed by atoms with E-state index in [1.807, 2.05) is 0 Å². The molecule has 34 heavy (non-hydrogen) atoms. The molecule has 5 aromatic rings. The predicted molar refractivity (Wildman–Crippen MR) is 113 cm³/mol. The van der Waals surface area contributed by atoms with Crippen molar-refractivity contribution < 1.29 is 18.0 Å². The number of nitrogens with one attached hydrogen (secondary N) is 1. The standard InChI is InChI=1S/C22H16F2N8O2/c23-19(24)13-4-2-7-32-16(13)9-15(30-32)18-17-14(26-11-27-17)5-8-31(18)22(33)21-29-28-20(34-21)12-3-1-6-25-10-12/h1-4,6-7,9-11,18-19H,5,8H2,(H,26,27). The molecule has 1 amide bonds. The van der Waals surface area contributed by atoms with Crippen LogP contribution in [0.5, 0.6) is 0 Å². The number of carbonyl (C=O) groups excluding carboxylic acids is 1. The van der Waals surface area contributed by atoms with Crippen LogP contribution in [-0.4, -0.2) is 52.1 Å². The van der Waals surface area contributed by atoms with Gasteiger partial charge in [-0.25, -0.2) is 18.3 Å². The zero-order valence-electron chi connectivity index (χ0n) is 17.5. The molecule has 1 atom stereocenters. The molecule has 170 valence electrons. The van der Waals surface area contributed by atoms with Crippen LogP contribution in [0.4, 0.5) is 8.78 Å². The molecule has 0 spiro atoms. The van der Waals surface area contributed by atoms with Gasteiger partial charge in [-0.15, -0.1) is 10.2 Å². The maximum atomic E-state index is 13.6. The van der Waals surface area contributed by atoms with E-state index in [9.17, 15) is 13.6 Å². The zero-order chi connectivity index (χ0) is 23.2. The van der Waals surface area contributed by atoms with Gasteiger partial charge in [0.05, 0.1) is 28.8 Å². The fourth-order valence-electron chi connectivity index (χ4n) is 4.21. The van der Waals surface area contributed by atoms with Crippen molar-refractivity contribution >= 4 is 11.4 Å². The monoisotopic (exact) mass is 462 g/mol. The Labute approximate surface area is 190 Å². The van der Waals surface area contributed by atoms with E-state index in [-0.39, 0.29) is 22.9 Å². The van der Waals surface area contributed by atoms with Crippen LogP contribution in [-0.2, 0) is 6.42 Å². The molecule has 0 fully saturated rings. The lowest BCUT2D eigenvalue weighted by atomic mass is 9.99. The first-order valence-corrected chi connectivity index (χ1v) is 10.4. The number of aromatic nitrogens is 7. The Hall–Kier alpha value is -4.48. The van der Waals surface area contributed by atoms with E-state index in [1.54, 1.807) is 43.1 Å². The largest absolute Gasteiger partial charge is 0.412 e. The number of pyridine rings is 2. The van der Waals surface area contributed by atoms with Gasteiger partial charge in [0.2, 0.25) is 5.89 Å². The van der Waals surface area contributed by atoms with Gasteiger partial charge in [-0.1, -0.05) is 0 Å². The van der Waals surface area contributed by atoms with Gasteiger partial charge in [-0.2, -0.15) is 5.10 Å². The lowest BCUT2D eigenvalue weighted by molar-refractivity contribution is 0.0646. The molecular weight excluding hydrogens is 446 g/mol. The number of halogens is 2. The van der Waals surface area contributed by atoms with Crippen LogP contribution in [0.3, 0.4) is 0 Å². The van der Waals surface area contributed by atoms with Crippen LogP contribution in [0.1, 0.15) is 45.8 Å². The number of alkyl halides is 2. The van der Waals surface area contributed by atoms with Crippen LogP contribution in [0.25, 0.3) is 17.0 Å². The number of nitrogens with zero attached hydrogens (tertiary/aromatic N) is 7. The quantitative estimate of drug-likeness (QED) is 0.436. The second kappa shape index (κ2) is 7.83. The second-order valence-electron chi connectivity index (χ2n) is 7.73. The molecule has 0 aromatic carbocycles. The summed E-state index contributed by atoms with van der Waals surface area (Å²) in [6.45, 7) is 0.318. The molecule has 0 saturated heterocycles. The third kappa shape index (κ3) is 3.22. The van der Waals surface area contributed by atoms with Gasteiger partial charge in [0, 0.05) is 42.8 Å². The van der Waals surface area contributed by atoms with Crippen molar-refractivity contribution in [2.24, 2.45) is 0 Å². The predicted octanol–water partition coefficient (Wildman–Crippen LogP) is 3.23. The maximum Gasteiger partial charge on any atom is 0.312 e. The third-order valence-electron chi connectivity index (χ3n) is 5.77. The SMILES string of the molecule is O=C(c1nnc(-c2cccnc2)o1)N1CCc2[nH]cnc2C1c1cc2c(C(F)F)cccn2n1. The topological polar surface area (TPSA) is 118 Å². The summed E-state index contributed by atoms with van der Waals surface area (Å²) >= 11 is 0. The van der Waals surface area contributed by atoms with Crippen molar-refractivity contribution in [3.8, 4) is 11.5 Å². The summed E-state index contributed by atoms with van der Waals surface area (Å²) in [5, 5.41) is 12.4. The minimum Gasteiger partial charge on any atom is -0.412 e. The Balaban J connectivity index is 1.42. The minimum absolute atomic E-state index is 0.143. The average molecular weight is 462 g/mol. The first-order chi connectivity index (χ1) is 16.6. The highest BCUT2D eigenvalue weighted by molar-refractivity contribution is 5.90. The van der Waals surface area contributed by atoms with Crippen molar-refractivity contribution in [2.45, 2.75) is 18.9 Å². The van der Waals surface area contributed by atoms with E-state index in [1.165, 1.54) is 21.5 Å². The summed E-state index contributed by atoms with van der Waals surface area (Å²) in [5.74, 6) is -0.535. The zero-order valence-corrected chi connectivity index (χ0v) is 17.5. The molecule has 10 nitrogen and oxygen atoms in total. The first-order valence-electron chi connectivity index (χ1n) is 10.4. The average Bonchev–Trinajstić information content (AvgIpc) is 3.62. The van der Waals surface area contributed by atoms with Crippen LogP contribution in [0.15, 0.2) is 59.7 Å². The van der Waals surface area contributed by atoms with E-state index in [4.69, 9.17) is 4.42 Å². The number of imidazole rings is 1. The fraction of sp³-hybridized carbons (Fsp3) is 0.182. The van der Waals surface area contributed by atoms with Gasteiger partial charge in [0.1, 0.15) is 6.04 Å². The Bertz CT molecular complexity index is 1490. The molecule has 6 rings (SSSR count). The van der Waals surface area contributed by atoms with Crippen LogP contribution in [0.2, 0.25) is 0 Å². The molecule has 0 radical (unpaired) electrons. The molecule has 0 bridgehead atoms. The molecule has 1 unspecified atom stereocenters. The summed E-state index contributed by atoms with van der Waals surface area (Å²) in [5.41, 5.74) is 2.55. The smallest absolute Gasteiger partial charge is 0.312 e. The van der Waals surface area contributed by atoms with Gasteiger partial charge in [-0.3, -0.25) is 9.78 Å². The summed E-state index contributed by atoms with van der Waals surface area (Å²) in [7, 11) is 0. The summed E-state index contributed by atoms with van der Waals surface area (Å²) < 4.78 is 34.1. The molecule has 6 heterocycles. The summed E-state index contributed by atoms with van der Waals surface area (Å²) in [6, 6.07) is 7.16. The third-order valence-corrected chi connectivity index (χ3v) is 5.77. The number of aromatic amines is 1. The lowest BCUT2D eigenvalue weighted by Crippen LogP contribution is -2.41. The van der Waals surface area contributed by atoms with E-state index in [0.29, 0.717) is 29.9 Å². The maximum absolute atomic E-state index is 13.6. The van der Waals surface area contributed by atoms with Crippen LogP contribution < -0.4 is 0 Å². The highest BCUT2D eigenvalue weighted by Crippen LogP contribution is 2.35. The Morgan fingerprint density at radius 2 is 2.15 bits per heavy atom. The molecule has 1 aliphatic heterocycles. The fourth-order valence-corrected chi connectivity index (χ4v) is 4.21. The number of rotatable bonds is 4. The first kappa shape index (κ1) is 20.1. The number of fused-ring (bicyclic) bond motifs is 2. The Morgan fingerprint density at radius 1 is 1.24 bits per heavy atom. The van der Waals surface area contributed by atoms with Crippen LogP contribution in [0, 0.1) is 0 Å². The lowest BCUT2D eigenvalue weighted by Gasteiger charge is -2.32. The number of carbonyl (C=O) groups is 1. The number of amides is 1. The van der Waals surface area contributed by atoms with Gasteiger partial charge in [0.25, 0.3) is 6.43 Å². The van der Waals surface area contributed by atoms with Crippen molar-refractivity contribution in [1.29, 1.82) is 0 Å². The van der Waals surface area contributed by atoms with Gasteiger partial charge >= 0.3 is 11.8 Å². The van der Waals surface area contributed by atoms with E-state index in [2.05, 4.69) is 30.2 Å². The van der Waals surface area contributed by atoms with Crippen molar-refractivity contribution in [3.05, 3.63) is 83.8 Å². The van der Waals surface area contributed by atoms with Crippen LogP contribution >= 0.6 is 0 Å². The molecular formula is C22H16F2N8O2. The van der Waals surface area contributed by atoms with Gasteiger partial charge in [0.15, 0.2) is 0 Å². The number of hydrogen-bond acceptors (Lipinski definition) is 7.